The van der Waals surface area contributed by atoms with E-state index in [0.29, 0.717) is 19.0 Å². The second-order valence-corrected chi connectivity index (χ2v) is 3.41. The highest BCUT2D eigenvalue weighted by molar-refractivity contribution is 5.74. The first-order valence-electron chi connectivity index (χ1n) is 4.61. The summed E-state index contributed by atoms with van der Waals surface area (Å²) >= 11 is 0. The molecular formula is C9H17N3O. The lowest BCUT2D eigenvalue weighted by Gasteiger charge is -2.20. The molecule has 1 aliphatic carbocycles. The highest BCUT2D eigenvalue weighted by atomic mass is 16.1. The van der Waals surface area contributed by atoms with E-state index in [1.54, 1.807) is 0 Å². The lowest BCUT2D eigenvalue weighted by molar-refractivity contribution is -0.118. The Labute approximate surface area is 78.4 Å². The van der Waals surface area contributed by atoms with Crippen molar-refractivity contribution >= 4 is 5.91 Å². The van der Waals surface area contributed by atoms with Gasteiger partial charge in [-0.2, -0.15) is 0 Å². The molecule has 74 valence electrons. The van der Waals surface area contributed by atoms with Crippen molar-refractivity contribution in [1.29, 1.82) is 0 Å². The van der Waals surface area contributed by atoms with Gasteiger partial charge >= 0.3 is 0 Å². The molecule has 0 aromatic heterocycles. The van der Waals surface area contributed by atoms with Crippen LogP contribution in [0.1, 0.15) is 19.3 Å². The van der Waals surface area contributed by atoms with Crippen molar-refractivity contribution in [1.82, 2.24) is 5.32 Å². The predicted octanol–water partition coefficient (Wildman–Crippen LogP) is -0.503. The Kier molecular flexibility index (Phi) is 3.92. The van der Waals surface area contributed by atoms with Crippen LogP contribution in [0, 0.1) is 0 Å². The van der Waals surface area contributed by atoms with Crippen LogP contribution in [0.4, 0.5) is 0 Å². The lowest BCUT2D eigenvalue weighted by Crippen LogP contribution is -2.44. The average Bonchev–Trinajstić information content (AvgIpc) is 2.55. The smallest absolute Gasteiger partial charge is 0.219 e. The van der Waals surface area contributed by atoms with Crippen molar-refractivity contribution in [2.45, 2.75) is 31.3 Å². The fourth-order valence-corrected chi connectivity index (χ4v) is 1.54. The summed E-state index contributed by atoms with van der Waals surface area (Å²) < 4.78 is 0. The number of carbonyl (C=O) groups excluding carboxylic acids is 1. The molecule has 4 heteroatoms. The van der Waals surface area contributed by atoms with Gasteiger partial charge in [-0.05, 0) is 12.8 Å². The van der Waals surface area contributed by atoms with Crippen molar-refractivity contribution < 1.29 is 4.79 Å². The van der Waals surface area contributed by atoms with Gasteiger partial charge < -0.3 is 16.8 Å². The van der Waals surface area contributed by atoms with Gasteiger partial charge in [0.2, 0.25) is 5.91 Å². The van der Waals surface area contributed by atoms with Crippen molar-refractivity contribution in [3.05, 3.63) is 12.2 Å². The van der Waals surface area contributed by atoms with Gasteiger partial charge in [0.15, 0.2) is 0 Å². The molecule has 0 radical (unpaired) electrons. The maximum atomic E-state index is 10.7. The van der Waals surface area contributed by atoms with E-state index in [0.717, 1.165) is 12.8 Å². The number of nitrogens with two attached hydrogens (primary N) is 2. The minimum atomic E-state index is -0.297. The molecule has 0 aliphatic heterocycles. The molecule has 1 atom stereocenters. The number of hydrogen-bond donors (Lipinski definition) is 3. The SMILES string of the molecule is NCC(CC(N)=O)NC1CC=CC1. The molecule has 5 N–H and O–H groups in total. The van der Waals surface area contributed by atoms with Gasteiger partial charge in [0.25, 0.3) is 0 Å². The quantitative estimate of drug-likeness (QED) is 0.502. The first-order valence-corrected chi connectivity index (χ1v) is 4.61. The molecule has 0 bridgehead atoms. The van der Waals surface area contributed by atoms with Crippen LogP contribution in [0.2, 0.25) is 0 Å². The molecule has 1 unspecified atom stereocenters. The van der Waals surface area contributed by atoms with E-state index >= 15 is 0 Å². The van der Waals surface area contributed by atoms with E-state index < -0.39 is 0 Å². The lowest BCUT2D eigenvalue weighted by atomic mass is 10.1. The van der Waals surface area contributed by atoms with Gasteiger partial charge in [-0.25, -0.2) is 0 Å². The van der Waals surface area contributed by atoms with Crippen LogP contribution in [0.25, 0.3) is 0 Å². The highest BCUT2D eigenvalue weighted by Crippen LogP contribution is 2.10. The zero-order valence-electron chi connectivity index (χ0n) is 7.70. The number of nitrogens with one attached hydrogen (secondary N) is 1. The Hall–Kier alpha value is -0.870. The molecule has 0 saturated carbocycles. The number of amides is 1. The summed E-state index contributed by atoms with van der Waals surface area (Å²) in [6.07, 6.45) is 6.64. The molecule has 4 nitrogen and oxygen atoms in total. The molecule has 0 spiro atoms. The Morgan fingerprint density at radius 1 is 1.54 bits per heavy atom. The zero-order valence-corrected chi connectivity index (χ0v) is 7.70. The summed E-state index contributed by atoms with van der Waals surface area (Å²) in [5.41, 5.74) is 10.6. The molecule has 1 aliphatic rings. The molecule has 0 aromatic rings. The third-order valence-corrected chi connectivity index (χ3v) is 2.21. The van der Waals surface area contributed by atoms with Crippen molar-refractivity contribution in [2.24, 2.45) is 11.5 Å². The minimum absolute atomic E-state index is 0.0300. The second-order valence-electron chi connectivity index (χ2n) is 3.41. The summed E-state index contributed by atoms with van der Waals surface area (Å²) in [6, 6.07) is 0.468. The first-order chi connectivity index (χ1) is 6.22. The van der Waals surface area contributed by atoms with Crippen LogP contribution >= 0.6 is 0 Å². The van der Waals surface area contributed by atoms with Crippen LogP contribution in [0.15, 0.2) is 12.2 Å². The van der Waals surface area contributed by atoms with Crippen LogP contribution < -0.4 is 16.8 Å². The molecule has 0 aromatic carbocycles. The number of carbonyl (C=O) groups is 1. The van der Waals surface area contributed by atoms with Crippen molar-refractivity contribution in [3.63, 3.8) is 0 Å². The highest BCUT2D eigenvalue weighted by Gasteiger charge is 2.16. The Balaban J connectivity index is 2.26. The van der Waals surface area contributed by atoms with Crippen LogP contribution in [-0.2, 0) is 4.79 Å². The van der Waals surface area contributed by atoms with Gasteiger partial charge in [-0.1, -0.05) is 12.2 Å². The predicted molar refractivity (Wildman–Crippen MR) is 52.0 cm³/mol. The van der Waals surface area contributed by atoms with Crippen LogP contribution in [0.3, 0.4) is 0 Å². The third kappa shape index (κ3) is 3.57. The zero-order chi connectivity index (χ0) is 9.68. The number of rotatable bonds is 5. The summed E-state index contributed by atoms with van der Waals surface area (Å²) in [6.45, 7) is 0.458. The largest absolute Gasteiger partial charge is 0.370 e. The molecule has 0 heterocycles. The van der Waals surface area contributed by atoms with Gasteiger partial charge in [-0.15, -0.1) is 0 Å². The van der Waals surface area contributed by atoms with E-state index in [2.05, 4.69) is 17.5 Å². The van der Waals surface area contributed by atoms with Gasteiger partial charge in [0, 0.05) is 25.0 Å². The number of primary amides is 1. The average molecular weight is 183 g/mol. The summed E-state index contributed by atoms with van der Waals surface area (Å²) in [4.78, 5) is 10.7. The molecule has 13 heavy (non-hydrogen) atoms. The molecule has 1 amide bonds. The topological polar surface area (TPSA) is 81.1 Å². The van der Waals surface area contributed by atoms with E-state index in [-0.39, 0.29) is 11.9 Å². The number of hydrogen-bond acceptors (Lipinski definition) is 3. The molecular weight excluding hydrogens is 166 g/mol. The summed E-state index contributed by atoms with van der Waals surface area (Å²) in [7, 11) is 0. The van der Waals surface area contributed by atoms with Gasteiger partial charge in [0.05, 0.1) is 0 Å². The Bertz CT molecular complexity index is 195. The second kappa shape index (κ2) is 4.99. The first kappa shape index (κ1) is 10.2. The maximum Gasteiger partial charge on any atom is 0.219 e. The third-order valence-electron chi connectivity index (χ3n) is 2.21. The van der Waals surface area contributed by atoms with Gasteiger partial charge in [0.1, 0.15) is 0 Å². The maximum absolute atomic E-state index is 10.7. The van der Waals surface area contributed by atoms with E-state index in [1.165, 1.54) is 0 Å². The normalized spacial score (nSPS) is 19.2. The summed E-state index contributed by atoms with van der Waals surface area (Å²) in [5.74, 6) is -0.297. The van der Waals surface area contributed by atoms with E-state index in [1.807, 2.05) is 0 Å². The molecule has 0 saturated heterocycles. The van der Waals surface area contributed by atoms with E-state index in [4.69, 9.17) is 11.5 Å². The van der Waals surface area contributed by atoms with Crippen LogP contribution in [0.5, 0.6) is 0 Å². The fourth-order valence-electron chi connectivity index (χ4n) is 1.54. The monoisotopic (exact) mass is 183 g/mol. The minimum Gasteiger partial charge on any atom is -0.370 e. The van der Waals surface area contributed by atoms with Crippen molar-refractivity contribution in [3.8, 4) is 0 Å². The molecule has 0 fully saturated rings. The van der Waals surface area contributed by atoms with Gasteiger partial charge in [-0.3, -0.25) is 4.79 Å². The molecule has 1 rings (SSSR count). The summed E-state index contributed by atoms with van der Waals surface area (Å²) in [5, 5.41) is 3.31. The Morgan fingerprint density at radius 2 is 2.15 bits per heavy atom. The van der Waals surface area contributed by atoms with Crippen molar-refractivity contribution in [2.75, 3.05) is 6.54 Å². The standard InChI is InChI=1S/C9H17N3O/c10-6-8(5-9(11)13)12-7-3-1-2-4-7/h1-2,7-8,12H,3-6,10H2,(H2,11,13). The van der Waals surface area contributed by atoms with E-state index in [9.17, 15) is 4.79 Å². The Morgan fingerprint density at radius 3 is 2.62 bits per heavy atom. The fraction of sp³-hybridized carbons (Fsp3) is 0.667. The van der Waals surface area contributed by atoms with Crippen LogP contribution in [-0.4, -0.2) is 24.5 Å².